The Bertz CT molecular complexity index is 1430. The average Bonchev–Trinajstić information content (AvgIpc) is 3.27. The van der Waals surface area contributed by atoms with E-state index >= 15 is 0 Å². The van der Waals surface area contributed by atoms with Crippen molar-refractivity contribution in [3.05, 3.63) is 63.4 Å². The summed E-state index contributed by atoms with van der Waals surface area (Å²) in [6.07, 6.45) is -1.12. The molecular formula is C29H35N3O7. The molecule has 10 heteroatoms. The summed E-state index contributed by atoms with van der Waals surface area (Å²) in [5.41, 5.74) is 3.15. The summed E-state index contributed by atoms with van der Waals surface area (Å²) >= 11 is 0. The molecular weight excluding hydrogens is 502 g/mol. The minimum atomic E-state index is -1.39. The lowest BCUT2D eigenvalue weighted by atomic mass is 10.00. The lowest BCUT2D eigenvalue weighted by Crippen LogP contribution is -2.37. The number of amides is 1. The number of esters is 2. The van der Waals surface area contributed by atoms with Gasteiger partial charge in [-0.05, 0) is 31.0 Å². The van der Waals surface area contributed by atoms with Gasteiger partial charge in [0.15, 0.2) is 0 Å². The highest BCUT2D eigenvalue weighted by atomic mass is 16.6. The molecule has 1 unspecified atom stereocenters. The predicted octanol–water partition coefficient (Wildman–Crippen LogP) is 3.25. The van der Waals surface area contributed by atoms with Crippen molar-refractivity contribution in [2.75, 3.05) is 13.2 Å². The van der Waals surface area contributed by atoms with E-state index in [-0.39, 0.29) is 54.7 Å². The summed E-state index contributed by atoms with van der Waals surface area (Å²) in [6, 6.07) is 11.4. The summed E-state index contributed by atoms with van der Waals surface area (Å²) in [5, 5.41) is 11.0. The zero-order valence-electron chi connectivity index (χ0n) is 22.9. The lowest BCUT2D eigenvalue weighted by molar-refractivity contribution is -0.171. The van der Waals surface area contributed by atoms with E-state index in [0.717, 1.165) is 16.5 Å². The fraction of sp³-hybridized carbons (Fsp3) is 0.414. The second-order valence-corrected chi connectivity index (χ2v) is 9.21. The maximum Gasteiger partial charge on any atom is 0.352 e. The SMILES string of the molecule is CC.CC(C)CC(=O)NCC(=O)OC1C(=O)OCc2c1cc1n(c2=O)Cc2cc3ccccc3nc2-1.CCO. The second-order valence-electron chi connectivity index (χ2n) is 9.21. The van der Waals surface area contributed by atoms with E-state index in [2.05, 4.69) is 5.32 Å². The van der Waals surface area contributed by atoms with Crippen LogP contribution in [0.4, 0.5) is 0 Å². The smallest absolute Gasteiger partial charge is 0.352 e. The van der Waals surface area contributed by atoms with Crippen molar-refractivity contribution in [1.82, 2.24) is 14.9 Å². The molecule has 2 N–H and O–H groups in total. The van der Waals surface area contributed by atoms with Gasteiger partial charge in [-0.25, -0.2) is 9.78 Å². The van der Waals surface area contributed by atoms with Gasteiger partial charge in [-0.15, -0.1) is 0 Å². The van der Waals surface area contributed by atoms with Gasteiger partial charge in [0.2, 0.25) is 12.0 Å². The highest BCUT2D eigenvalue weighted by molar-refractivity contribution is 5.87. The van der Waals surface area contributed by atoms with Crippen LogP contribution in [0.3, 0.4) is 0 Å². The van der Waals surface area contributed by atoms with Crippen LogP contribution >= 0.6 is 0 Å². The summed E-state index contributed by atoms with van der Waals surface area (Å²) in [5.74, 6) is -1.70. The largest absolute Gasteiger partial charge is 0.458 e. The Morgan fingerprint density at radius 2 is 1.90 bits per heavy atom. The molecule has 2 aromatic heterocycles. The van der Waals surface area contributed by atoms with E-state index in [4.69, 9.17) is 19.6 Å². The minimum absolute atomic E-state index is 0.139. The molecule has 2 aliphatic heterocycles. The van der Waals surface area contributed by atoms with Crippen LogP contribution in [0.5, 0.6) is 0 Å². The van der Waals surface area contributed by atoms with Gasteiger partial charge in [0, 0.05) is 29.5 Å². The molecule has 0 fully saturated rings. The van der Waals surface area contributed by atoms with Gasteiger partial charge in [0.1, 0.15) is 13.2 Å². The maximum atomic E-state index is 13.3. The van der Waals surface area contributed by atoms with Crippen LogP contribution < -0.4 is 10.9 Å². The zero-order chi connectivity index (χ0) is 28.7. The van der Waals surface area contributed by atoms with E-state index in [9.17, 15) is 19.2 Å². The first kappa shape index (κ1) is 29.5. The molecule has 5 rings (SSSR count). The van der Waals surface area contributed by atoms with Crippen LogP contribution in [0.15, 0.2) is 41.2 Å². The number of para-hydroxylation sites is 1. The Balaban J connectivity index is 0.000000787. The van der Waals surface area contributed by atoms with Crippen LogP contribution in [-0.4, -0.2) is 45.7 Å². The molecule has 0 aliphatic carbocycles. The monoisotopic (exact) mass is 537 g/mol. The molecule has 208 valence electrons. The number of carbonyl (C=O) groups excluding carboxylic acids is 3. The number of nitrogens with zero attached hydrogens (tertiary/aromatic N) is 2. The number of hydrogen-bond donors (Lipinski definition) is 2. The van der Waals surface area contributed by atoms with Gasteiger partial charge in [0.25, 0.3) is 5.56 Å². The number of pyridine rings is 2. The zero-order valence-corrected chi connectivity index (χ0v) is 22.9. The molecule has 4 heterocycles. The van der Waals surface area contributed by atoms with Crippen molar-refractivity contribution in [3.63, 3.8) is 0 Å². The number of nitrogens with one attached hydrogen (secondary N) is 1. The molecule has 3 aromatic rings. The topological polar surface area (TPSA) is 137 Å². The summed E-state index contributed by atoms with van der Waals surface area (Å²) in [7, 11) is 0. The van der Waals surface area contributed by atoms with Gasteiger partial charge in [-0.3, -0.25) is 14.4 Å². The Labute approximate surface area is 227 Å². The van der Waals surface area contributed by atoms with Gasteiger partial charge in [-0.1, -0.05) is 45.9 Å². The Morgan fingerprint density at radius 1 is 1.21 bits per heavy atom. The molecule has 1 aromatic carbocycles. The number of hydrogen-bond acceptors (Lipinski definition) is 8. The van der Waals surface area contributed by atoms with E-state index < -0.39 is 18.0 Å². The van der Waals surface area contributed by atoms with Crippen LogP contribution in [0.1, 0.15) is 63.8 Å². The van der Waals surface area contributed by atoms with E-state index in [0.29, 0.717) is 17.9 Å². The van der Waals surface area contributed by atoms with E-state index in [1.807, 2.05) is 58.0 Å². The quantitative estimate of drug-likeness (QED) is 0.370. The molecule has 0 saturated carbocycles. The number of aromatic nitrogens is 2. The second kappa shape index (κ2) is 13.1. The molecule has 0 saturated heterocycles. The molecule has 10 nitrogen and oxygen atoms in total. The predicted molar refractivity (Wildman–Crippen MR) is 146 cm³/mol. The number of carbonyl (C=O) groups is 3. The van der Waals surface area contributed by atoms with Gasteiger partial charge in [0.05, 0.1) is 29.0 Å². The van der Waals surface area contributed by atoms with Gasteiger partial charge >= 0.3 is 11.9 Å². The Kier molecular flexibility index (Phi) is 9.95. The fourth-order valence-electron chi connectivity index (χ4n) is 4.36. The van der Waals surface area contributed by atoms with Crippen LogP contribution in [0, 0.1) is 5.92 Å². The van der Waals surface area contributed by atoms with Crippen molar-refractivity contribution >= 4 is 28.7 Å². The van der Waals surface area contributed by atoms with Crippen LogP contribution in [0.25, 0.3) is 22.3 Å². The van der Waals surface area contributed by atoms with Crippen molar-refractivity contribution in [2.24, 2.45) is 5.92 Å². The van der Waals surface area contributed by atoms with Crippen molar-refractivity contribution in [3.8, 4) is 11.4 Å². The number of cyclic esters (lactones) is 1. The van der Waals surface area contributed by atoms with Gasteiger partial charge in [-0.2, -0.15) is 0 Å². The molecule has 1 atom stereocenters. The number of fused-ring (bicyclic) bond motifs is 5. The van der Waals surface area contributed by atoms with E-state index in [1.54, 1.807) is 17.6 Å². The summed E-state index contributed by atoms with van der Waals surface area (Å²) in [6.45, 7) is 9.48. The van der Waals surface area contributed by atoms with Crippen LogP contribution in [-0.2, 0) is 37.0 Å². The number of aliphatic hydroxyl groups excluding tert-OH is 1. The Morgan fingerprint density at radius 3 is 2.59 bits per heavy atom. The standard InChI is InChI=1S/C25H23N3O6.C2H6O.C2H6/c1-13(2)7-20(29)26-10-21(30)34-23-16-9-19-22-15(8-14-5-3-4-6-18(14)27-22)11-28(19)24(31)17(16)12-33-25(23)32;1-2-3;1-2/h3-6,8-9,13,23H,7,10-12H2,1-2H3,(H,26,29);3H,2H2,1H3;1-2H3. The lowest BCUT2D eigenvalue weighted by Gasteiger charge is -2.25. The minimum Gasteiger partial charge on any atom is -0.458 e. The molecule has 39 heavy (non-hydrogen) atoms. The molecule has 2 aliphatic rings. The van der Waals surface area contributed by atoms with Crippen molar-refractivity contribution in [1.29, 1.82) is 0 Å². The number of ether oxygens (including phenoxy) is 2. The first-order valence-corrected chi connectivity index (χ1v) is 13.1. The van der Waals surface area contributed by atoms with Gasteiger partial charge < -0.3 is 24.5 Å². The van der Waals surface area contributed by atoms with Crippen molar-refractivity contribution < 1.29 is 29.0 Å². The highest BCUT2D eigenvalue weighted by Gasteiger charge is 2.37. The number of rotatable bonds is 5. The summed E-state index contributed by atoms with van der Waals surface area (Å²) in [4.78, 5) is 54.7. The first-order chi connectivity index (χ1) is 18.7. The fourth-order valence-corrected chi connectivity index (χ4v) is 4.36. The third-order valence-electron chi connectivity index (χ3n) is 5.94. The molecule has 0 bridgehead atoms. The third kappa shape index (κ3) is 6.51. The maximum absolute atomic E-state index is 13.3. The van der Waals surface area contributed by atoms with Crippen LogP contribution in [0.2, 0.25) is 0 Å². The summed E-state index contributed by atoms with van der Waals surface area (Å²) < 4.78 is 12.1. The molecule has 0 spiro atoms. The van der Waals surface area contributed by atoms with E-state index in [1.165, 1.54) is 0 Å². The molecule has 0 radical (unpaired) electrons. The number of benzene rings is 1. The third-order valence-corrected chi connectivity index (χ3v) is 5.94. The first-order valence-electron chi connectivity index (χ1n) is 13.1. The number of aliphatic hydroxyl groups is 1. The Hall–Kier alpha value is -4.05. The molecule has 1 amide bonds. The average molecular weight is 538 g/mol. The van der Waals surface area contributed by atoms with Crippen molar-refractivity contribution in [2.45, 2.75) is 60.3 Å². The normalized spacial score (nSPS) is 14.5. The highest BCUT2D eigenvalue weighted by Crippen LogP contribution is 2.36.